The Hall–Kier alpha value is -13.8. The second kappa shape index (κ2) is 24.5. The second-order valence-corrected chi connectivity index (χ2v) is 27.0. The maximum absolute atomic E-state index is 5.51. The predicted molar refractivity (Wildman–Crippen MR) is 423 cm³/mol. The lowest BCUT2D eigenvalue weighted by molar-refractivity contribution is 0.768. The summed E-state index contributed by atoms with van der Waals surface area (Å²) in [5.41, 5.74) is 30.4. The number of benzene rings is 13. The predicted octanol–water partition coefficient (Wildman–Crippen LogP) is 23.3. The Bertz CT molecular complexity index is 5740. The van der Waals surface area contributed by atoms with E-state index in [-0.39, 0.29) is 0 Å². The van der Waals surface area contributed by atoms with Gasteiger partial charge in [-0.05, 0) is 176 Å². The first kappa shape index (κ1) is 60.2. The van der Waals surface area contributed by atoms with Crippen LogP contribution in [0.4, 0.5) is 34.1 Å². The molecule has 0 bridgehead atoms. The monoisotopic (exact) mass is 1330 g/mol. The van der Waals surface area contributed by atoms with Crippen molar-refractivity contribution in [3.63, 3.8) is 0 Å². The molecule has 8 heteroatoms. The van der Waals surface area contributed by atoms with Gasteiger partial charge in [-0.1, -0.05) is 255 Å². The largest absolute Gasteiger partial charge is 0.310 e. The molecule has 20 rings (SSSR count). The average molecular weight is 1330 g/mol. The average Bonchev–Trinajstić information content (AvgIpc) is 1.50. The minimum atomic E-state index is -0.593. The van der Waals surface area contributed by atoms with Crippen molar-refractivity contribution < 1.29 is 0 Å². The van der Waals surface area contributed by atoms with Crippen LogP contribution in [0.1, 0.15) is 44.5 Å². The second-order valence-electron chi connectivity index (χ2n) is 27.0. The Morgan fingerprint density at radius 3 is 0.885 bits per heavy atom. The van der Waals surface area contributed by atoms with Crippen LogP contribution in [0.5, 0.6) is 0 Å². The summed E-state index contributed by atoms with van der Waals surface area (Å²) in [4.78, 5) is 25.8. The first-order chi connectivity index (χ1) is 51.5. The fourth-order valence-corrected chi connectivity index (χ4v) is 16.7. The summed E-state index contributed by atoms with van der Waals surface area (Å²) >= 11 is 0. The molecule has 2 aliphatic carbocycles. The molecule has 488 valence electrons. The highest BCUT2D eigenvalue weighted by Gasteiger charge is 2.48. The molecule has 0 N–H and O–H groups in total. The molecule has 0 radical (unpaired) electrons. The zero-order chi connectivity index (χ0) is 68.7. The standard InChI is InChI=1S/C96H64N8/c1-5-23-69(24-6-1)95(70-25-7-2-8-26-70)83-33-15-13-31-79(83)81-57-55-77(61-85(81)95)103(73-47-39-65(40-48-73)89-63-101-59-21-19-37-91(101)97-89)75-51-43-67(44-52-75)93-94(100-88-36-18-17-35-87(88)99-93)68-45-53-76(54-46-68)104(74-49-41-66(42-50-74)90-64-102-60-22-20-38-92(102)98-90)78-56-58-82-80-32-14-16-34-84(80)96(86(82)62-78,71-27-9-3-10-28-71)72-29-11-4-12-30-72/h1-64H. The van der Waals surface area contributed by atoms with Crippen molar-refractivity contribution in [3.8, 4) is 67.3 Å². The lowest BCUT2D eigenvalue weighted by Gasteiger charge is -2.35. The van der Waals surface area contributed by atoms with Crippen LogP contribution in [0.15, 0.2) is 389 Å². The van der Waals surface area contributed by atoms with Gasteiger partial charge in [-0.15, -0.1) is 0 Å². The molecule has 0 aliphatic heterocycles. The molecule has 13 aromatic carbocycles. The maximum atomic E-state index is 5.51. The van der Waals surface area contributed by atoms with Crippen molar-refractivity contribution in [2.24, 2.45) is 0 Å². The van der Waals surface area contributed by atoms with E-state index in [1.807, 2.05) is 60.9 Å². The summed E-state index contributed by atoms with van der Waals surface area (Å²) in [6, 6.07) is 132. The third-order valence-electron chi connectivity index (χ3n) is 21.3. The highest BCUT2D eigenvalue weighted by atomic mass is 15.1. The van der Waals surface area contributed by atoms with Gasteiger partial charge in [0.25, 0.3) is 0 Å². The van der Waals surface area contributed by atoms with Crippen LogP contribution in [0.25, 0.3) is 89.6 Å². The van der Waals surface area contributed by atoms with E-state index in [9.17, 15) is 0 Å². The number of fused-ring (bicyclic) bond motifs is 9. The van der Waals surface area contributed by atoms with Gasteiger partial charge < -0.3 is 18.6 Å². The van der Waals surface area contributed by atoms with Crippen LogP contribution < -0.4 is 9.80 Å². The summed E-state index contributed by atoms with van der Waals surface area (Å²) in [5.74, 6) is 0. The zero-order valence-corrected chi connectivity index (χ0v) is 56.5. The van der Waals surface area contributed by atoms with Crippen molar-refractivity contribution in [2.75, 3.05) is 9.80 Å². The molecule has 5 heterocycles. The number of rotatable bonds is 14. The van der Waals surface area contributed by atoms with E-state index in [1.165, 1.54) is 66.8 Å². The Morgan fingerprint density at radius 1 is 0.231 bits per heavy atom. The summed E-state index contributed by atoms with van der Waals surface area (Å²) < 4.78 is 4.14. The Labute approximate surface area is 602 Å². The van der Waals surface area contributed by atoms with Crippen LogP contribution in [0, 0.1) is 0 Å². The molecule has 5 aromatic heterocycles. The van der Waals surface area contributed by atoms with E-state index in [0.29, 0.717) is 0 Å². The summed E-state index contributed by atoms with van der Waals surface area (Å²) in [6.45, 7) is 0. The summed E-state index contributed by atoms with van der Waals surface area (Å²) in [5, 5.41) is 0. The lowest BCUT2D eigenvalue weighted by atomic mass is 9.67. The molecule has 18 aromatic rings. The van der Waals surface area contributed by atoms with Crippen LogP contribution in [0.2, 0.25) is 0 Å². The molecule has 0 atom stereocenters. The van der Waals surface area contributed by atoms with Crippen LogP contribution >= 0.6 is 0 Å². The van der Waals surface area contributed by atoms with Crippen molar-refractivity contribution in [1.82, 2.24) is 28.7 Å². The van der Waals surface area contributed by atoms with E-state index < -0.39 is 10.8 Å². The number of nitrogens with zero attached hydrogens (tertiary/aromatic N) is 8. The van der Waals surface area contributed by atoms with E-state index >= 15 is 0 Å². The third-order valence-corrected chi connectivity index (χ3v) is 21.3. The molecule has 8 nitrogen and oxygen atoms in total. The van der Waals surface area contributed by atoms with Crippen LogP contribution in [-0.2, 0) is 10.8 Å². The molecule has 0 saturated heterocycles. The highest BCUT2D eigenvalue weighted by molar-refractivity contribution is 5.94. The summed E-state index contributed by atoms with van der Waals surface area (Å²) in [7, 11) is 0. The molecule has 104 heavy (non-hydrogen) atoms. The van der Waals surface area contributed by atoms with Gasteiger partial charge in [0.2, 0.25) is 0 Å². The van der Waals surface area contributed by atoms with Crippen LogP contribution in [0.3, 0.4) is 0 Å². The van der Waals surface area contributed by atoms with Gasteiger partial charge in [-0.25, -0.2) is 19.9 Å². The van der Waals surface area contributed by atoms with Crippen molar-refractivity contribution in [1.29, 1.82) is 0 Å². The molecule has 0 saturated carbocycles. The quantitative estimate of drug-likeness (QED) is 0.108. The molecule has 0 spiro atoms. The SMILES string of the molecule is c1ccc(C2(c3ccccc3)c3ccccc3-c3ccc(N(c4ccc(-c5cn6ccccc6n5)cc4)c4ccc(-c5nc6ccccc6nc5-c5ccc(N(c6ccc(-c7cn8ccccc8n7)cc6)c6ccc7c(c6)C(c6ccccc6)(c6ccccc6)c6ccccc6-7)cc5)cc4)cc32)cc1. The lowest BCUT2D eigenvalue weighted by Crippen LogP contribution is -2.28. The Kier molecular flexibility index (Phi) is 14.2. The number of para-hydroxylation sites is 2. The highest BCUT2D eigenvalue weighted by Crippen LogP contribution is 2.59. The van der Waals surface area contributed by atoms with Crippen molar-refractivity contribution in [2.45, 2.75) is 10.8 Å². The number of pyridine rings is 2. The van der Waals surface area contributed by atoms with E-state index in [2.05, 4.69) is 346 Å². The minimum Gasteiger partial charge on any atom is -0.310 e. The fourth-order valence-electron chi connectivity index (χ4n) is 16.7. The topological polar surface area (TPSA) is 66.9 Å². The van der Waals surface area contributed by atoms with Gasteiger partial charge in [0.15, 0.2) is 0 Å². The van der Waals surface area contributed by atoms with Gasteiger partial charge in [0.1, 0.15) is 11.3 Å². The molecule has 0 amide bonds. The first-order valence-electron chi connectivity index (χ1n) is 35.4. The molecular weight excluding hydrogens is 1270 g/mol. The third kappa shape index (κ3) is 9.68. The first-order valence-corrected chi connectivity index (χ1v) is 35.4. The van der Waals surface area contributed by atoms with E-state index in [1.54, 1.807) is 0 Å². The van der Waals surface area contributed by atoms with Crippen molar-refractivity contribution in [3.05, 3.63) is 433 Å². The Morgan fingerprint density at radius 2 is 0.529 bits per heavy atom. The van der Waals surface area contributed by atoms with Gasteiger partial charge in [-0.2, -0.15) is 0 Å². The smallest absolute Gasteiger partial charge is 0.137 e. The number of aromatic nitrogens is 6. The van der Waals surface area contributed by atoms with Gasteiger partial charge >= 0.3 is 0 Å². The minimum absolute atomic E-state index is 0.593. The summed E-state index contributed by atoms with van der Waals surface area (Å²) in [6.07, 6.45) is 8.28. The fraction of sp³-hybridized carbons (Fsp3) is 0.0208. The number of hydrogen-bond donors (Lipinski definition) is 0. The normalized spacial score (nSPS) is 13.0. The Balaban J connectivity index is 0.715. The molecular formula is C96H64N8. The maximum Gasteiger partial charge on any atom is 0.137 e. The van der Waals surface area contributed by atoms with Gasteiger partial charge in [0.05, 0.1) is 44.6 Å². The van der Waals surface area contributed by atoms with Gasteiger partial charge in [0, 0.05) is 81.2 Å². The number of hydrogen-bond acceptors (Lipinski definition) is 6. The van der Waals surface area contributed by atoms with E-state index in [0.717, 1.165) is 101 Å². The molecule has 0 unspecified atom stereocenters. The van der Waals surface area contributed by atoms with E-state index in [4.69, 9.17) is 19.9 Å². The molecule has 0 fully saturated rings. The molecule has 2 aliphatic rings. The van der Waals surface area contributed by atoms with Gasteiger partial charge in [-0.3, -0.25) is 0 Å². The number of anilines is 6. The zero-order valence-electron chi connectivity index (χ0n) is 56.5. The van der Waals surface area contributed by atoms with Crippen molar-refractivity contribution >= 4 is 56.5 Å². The number of imidazole rings is 2. The van der Waals surface area contributed by atoms with Crippen LogP contribution in [-0.4, -0.2) is 28.7 Å².